The highest BCUT2D eigenvalue weighted by molar-refractivity contribution is 6.31. The van der Waals surface area contributed by atoms with Gasteiger partial charge in [-0.3, -0.25) is 0 Å². The zero-order chi connectivity index (χ0) is 13.8. The molecule has 1 unspecified atom stereocenters. The summed E-state index contributed by atoms with van der Waals surface area (Å²) in [6.45, 7) is 7.20. The molecule has 1 atom stereocenters. The van der Waals surface area contributed by atoms with Gasteiger partial charge in [-0.05, 0) is 44.5 Å². The maximum Gasteiger partial charge on any atom is 0.153 e. The van der Waals surface area contributed by atoms with Gasteiger partial charge < -0.3 is 5.32 Å². The number of pyridine rings is 1. The van der Waals surface area contributed by atoms with Gasteiger partial charge >= 0.3 is 0 Å². The van der Waals surface area contributed by atoms with Crippen molar-refractivity contribution in [1.29, 1.82) is 0 Å². The van der Waals surface area contributed by atoms with E-state index in [0.717, 1.165) is 24.5 Å². The number of halogens is 1. The van der Waals surface area contributed by atoms with Crippen LogP contribution in [0, 0.1) is 6.92 Å². The lowest BCUT2D eigenvalue weighted by Gasteiger charge is -2.14. The number of hydrogen-bond acceptors (Lipinski definition) is 3. The molecule has 102 valence electrons. The van der Waals surface area contributed by atoms with Gasteiger partial charge in [-0.2, -0.15) is 5.10 Å². The van der Waals surface area contributed by atoms with Crippen LogP contribution in [0.25, 0.3) is 5.82 Å². The highest BCUT2D eigenvalue weighted by Crippen LogP contribution is 2.18. The Morgan fingerprint density at radius 3 is 2.89 bits per heavy atom. The maximum absolute atomic E-state index is 6.03. The van der Waals surface area contributed by atoms with Crippen LogP contribution in [0.1, 0.15) is 37.6 Å². The predicted molar refractivity (Wildman–Crippen MR) is 77.8 cm³/mol. The lowest BCUT2D eigenvalue weighted by molar-refractivity contribution is 0.569. The van der Waals surface area contributed by atoms with Crippen LogP contribution in [0.5, 0.6) is 0 Å². The van der Waals surface area contributed by atoms with E-state index in [9.17, 15) is 0 Å². The molecule has 0 spiro atoms. The average Bonchev–Trinajstić information content (AvgIpc) is 2.76. The first-order valence-corrected chi connectivity index (χ1v) is 6.91. The summed E-state index contributed by atoms with van der Waals surface area (Å²) in [4.78, 5) is 4.34. The zero-order valence-electron chi connectivity index (χ0n) is 11.5. The summed E-state index contributed by atoms with van der Waals surface area (Å²) in [7, 11) is 0. The number of aromatic nitrogens is 3. The van der Waals surface area contributed by atoms with Gasteiger partial charge in [-0.15, -0.1) is 0 Å². The quantitative estimate of drug-likeness (QED) is 0.913. The molecule has 2 heterocycles. The molecule has 0 radical (unpaired) electrons. The normalized spacial score (nSPS) is 12.6. The second kappa shape index (κ2) is 6.17. The Hall–Kier alpha value is -1.39. The van der Waals surface area contributed by atoms with Crippen LogP contribution in [-0.4, -0.2) is 21.3 Å². The minimum absolute atomic E-state index is 0.300. The van der Waals surface area contributed by atoms with Gasteiger partial charge in [-0.25, -0.2) is 9.67 Å². The number of hydrogen-bond donors (Lipinski definition) is 1. The zero-order valence-corrected chi connectivity index (χ0v) is 12.3. The van der Waals surface area contributed by atoms with Crippen molar-refractivity contribution in [2.75, 3.05) is 6.54 Å². The lowest BCUT2D eigenvalue weighted by Crippen LogP contribution is -2.19. The van der Waals surface area contributed by atoms with Crippen molar-refractivity contribution < 1.29 is 0 Å². The minimum atomic E-state index is 0.300. The van der Waals surface area contributed by atoms with E-state index in [1.54, 1.807) is 17.1 Å². The van der Waals surface area contributed by atoms with E-state index in [2.05, 4.69) is 29.2 Å². The number of aryl methyl sites for hydroxylation is 1. The fourth-order valence-electron chi connectivity index (χ4n) is 1.86. The minimum Gasteiger partial charge on any atom is -0.310 e. The van der Waals surface area contributed by atoms with Gasteiger partial charge in [0.05, 0.1) is 16.9 Å². The molecule has 1 N–H and O–H groups in total. The van der Waals surface area contributed by atoms with Gasteiger partial charge in [-0.1, -0.05) is 18.5 Å². The topological polar surface area (TPSA) is 42.7 Å². The van der Waals surface area contributed by atoms with Gasteiger partial charge in [0.15, 0.2) is 5.82 Å². The van der Waals surface area contributed by atoms with Gasteiger partial charge in [0.25, 0.3) is 0 Å². The van der Waals surface area contributed by atoms with E-state index in [-0.39, 0.29) is 0 Å². The Balaban J connectivity index is 2.23. The Morgan fingerprint density at radius 2 is 2.26 bits per heavy atom. The van der Waals surface area contributed by atoms with Crippen LogP contribution >= 0.6 is 11.6 Å². The van der Waals surface area contributed by atoms with E-state index in [1.165, 1.54) is 5.56 Å². The van der Waals surface area contributed by atoms with Crippen molar-refractivity contribution in [3.63, 3.8) is 0 Å². The molecule has 4 nitrogen and oxygen atoms in total. The smallest absolute Gasteiger partial charge is 0.153 e. The van der Waals surface area contributed by atoms with E-state index in [4.69, 9.17) is 11.6 Å². The fourth-order valence-corrected chi connectivity index (χ4v) is 1.99. The summed E-state index contributed by atoms with van der Waals surface area (Å²) in [5.74, 6) is 0.789. The molecule has 0 saturated carbocycles. The number of nitrogens with zero attached hydrogens (tertiary/aromatic N) is 3. The molecule has 0 aliphatic carbocycles. The average molecular weight is 279 g/mol. The maximum atomic E-state index is 6.03. The van der Waals surface area contributed by atoms with Crippen LogP contribution in [0.2, 0.25) is 5.02 Å². The summed E-state index contributed by atoms with van der Waals surface area (Å²) in [5, 5.41) is 8.46. The van der Waals surface area contributed by atoms with Crippen molar-refractivity contribution >= 4 is 11.6 Å². The molecule has 19 heavy (non-hydrogen) atoms. The fraction of sp³-hybridized carbons (Fsp3) is 0.429. The van der Waals surface area contributed by atoms with Gasteiger partial charge in [0.1, 0.15) is 0 Å². The van der Waals surface area contributed by atoms with Crippen molar-refractivity contribution in [2.45, 2.75) is 33.2 Å². The van der Waals surface area contributed by atoms with Crippen LogP contribution in [0.3, 0.4) is 0 Å². The third-order valence-electron chi connectivity index (χ3n) is 3.04. The van der Waals surface area contributed by atoms with Gasteiger partial charge in [0.2, 0.25) is 0 Å². The third-order valence-corrected chi connectivity index (χ3v) is 3.41. The molecule has 2 aromatic heterocycles. The Labute approximate surface area is 118 Å². The molecule has 0 aromatic carbocycles. The first kappa shape index (κ1) is 14.0. The predicted octanol–water partition coefficient (Wildman–Crippen LogP) is 3.29. The second-order valence-electron chi connectivity index (χ2n) is 4.63. The highest BCUT2D eigenvalue weighted by Gasteiger charge is 2.08. The Bertz CT molecular complexity index is 531. The molecule has 2 aromatic rings. The lowest BCUT2D eigenvalue weighted by atomic mass is 10.1. The molecule has 5 heteroatoms. The monoisotopic (exact) mass is 278 g/mol. The number of nitrogens with one attached hydrogen (secondary N) is 1. The van der Waals surface area contributed by atoms with E-state index >= 15 is 0 Å². The SMILES string of the molecule is CCCNC(C)c1ccnc(-n2cc(Cl)c(C)n2)c1. The molecular formula is C14H19ClN4. The van der Waals surface area contributed by atoms with E-state index < -0.39 is 0 Å². The van der Waals surface area contributed by atoms with Crippen LogP contribution in [0.15, 0.2) is 24.5 Å². The van der Waals surface area contributed by atoms with Crippen molar-refractivity contribution in [2.24, 2.45) is 0 Å². The Morgan fingerprint density at radius 1 is 1.47 bits per heavy atom. The second-order valence-corrected chi connectivity index (χ2v) is 5.04. The van der Waals surface area contributed by atoms with Crippen molar-refractivity contribution in [3.05, 3.63) is 40.8 Å². The molecule has 0 aliphatic rings. The highest BCUT2D eigenvalue weighted by atomic mass is 35.5. The third kappa shape index (κ3) is 3.33. The first-order chi connectivity index (χ1) is 9.11. The van der Waals surface area contributed by atoms with E-state index in [0.29, 0.717) is 11.1 Å². The summed E-state index contributed by atoms with van der Waals surface area (Å²) in [6, 6.07) is 4.36. The molecule has 0 aliphatic heterocycles. The van der Waals surface area contributed by atoms with Crippen molar-refractivity contribution in [3.8, 4) is 5.82 Å². The molecule has 2 rings (SSSR count). The molecule has 0 bridgehead atoms. The van der Waals surface area contributed by atoms with E-state index in [1.807, 2.05) is 19.1 Å². The van der Waals surface area contributed by atoms with Crippen LogP contribution in [0.4, 0.5) is 0 Å². The van der Waals surface area contributed by atoms with Gasteiger partial charge in [0, 0.05) is 12.2 Å². The largest absolute Gasteiger partial charge is 0.310 e. The van der Waals surface area contributed by atoms with Crippen LogP contribution in [-0.2, 0) is 0 Å². The van der Waals surface area contributed by atoms with Crippen molar-refractivity contribution in [1.82, 2.24) is 20.1 Å². The summed E-state index contributed by atoms with van der Waals surface area (Å²) in [6.07, 6.45) is 4.71. The summed E-state index contributed by atoms with van der Waals surface area (Å²) < 4.78 is 1.72. The summed E-state index contributed by atoms with van der Waals surface area (Å²) >= 11 is 6.03. The van der Waals surface area contributed by atoms with Crippen LogP contribution < -0.4 is 5.32 Å². The molecule has 0 amide bonds. The number of rotatable bonds is 5. The first-order valence-electron chi connectivity index (χ1n) is 6.53. The standard InChI is InChI=1S/C14H19ClN4/c1-4-6-16-10(2)12-5-7-17-14(8-12)19-9-13(15)11(3)18-19/h5,7-10,16H,4,6H2,1-3H3. The molecule has 0 saturated heterocycles. The summed E-state index contributed by atoms with van der Waals surface area (Å²) in [5.41, 5.74) is 2.01. The molecule has 0 fully saturated rings. The Kier molecular flexibility index (Phi) is 4.56. The molecular weight excluding hydrogens is 260 g/mol.